The standard InChI is InChI=1S/C14H15ClN6O3/c1-9(22)16-11-5-6-19(8-11)13(23)21-14(24)20(17-18-21)12-4-2-3-10(15)7-12/h2-4,7,11H,5-6,8H2,1H3,(H,16,22). The van der Waals surface area contributed by atoms with Gasteiger partial charge in [0.05, 0.1) is 5.69 Å². The molecule has 24 heavy (non-hydrogen) atoms. The average molecular weight is 351 g/mol. The van der Waals surface area contributed by atoms with E-state index < -0.39 is 11.7 Å². The van der Waals surface area contributed by atoms with Crippen molar-refractivity contribution >= 4 is 23.5 Å². The van der Waals surface area contributed by atoms with Crippen LogP contribution >= 0.6 is 11.6 Å². The van der Waals surface area contributed by atoms with E-state index in [1.165, 1.54) is 11.8 Å². The third-order valence-electron chi connectivity index (χ3n) is 3.68. The smallest absolute Gasteiger partial charge is 0.352 e. The minimum Gasteiger partial charge on any atom is -0.352 e. The highest BCUT2D eigenvalue weighted by Crippen LogP contribution is 2.13. The SMILES string of the molecule is CC(=O)NC1CCN(C(=O)n2nnn(-c3cccc(Cl)c3)c2=O)C1. The lowest BCUT2D eigenvalue weighted by molar-refractivity contribution is -0.119. The first-order valence-electron chi connectivity index (χ1n) is 7.33. The van der Waals surface area contributed by atoms with E-state index in [0.29, 0.717) is 34.9 Å². The predicted molar refractivity (Wildman–Crippen MR) is 85.2 cm³/mol. The third kappa shape index (κ3) is 3.16. The minimum absolute atomic E-state index is 0.120. The number of hydrogen-bond donors (Lipinski definition) is 1. The molecule has 1 atom stereocenters. The summed E-state index contributed by atoms with van der Waals surface area (Å²) < 4.78 is 1.71. The summed E-state index contributed by atoms with van der Waals surface area (Å²) in [5, 5.41) is 10.6. The Balaban J connectivity index is 1.80. The summed E-state index contributed by atoms with van der Waals surface area (Å²) in [5.41, 5.74) is -0.255. The Kier molecular flexibility index (Phi) is 4.34. The highest BCUT2D eigenvalue weighted by atomic mass is 35.5. The van der Waals surface area contributed by atoms with Crippen molar-refractivity contribution in [3.8, 4) is 5.69 Å². The van der Waals surface area contributed by atoms with Gasteiger partial charge in [0.2, 0.25) is 5.91 Å². The van der Waals surface area contributed by atoms with Crippen molar-refractivity contribution in [3.05, 3.63) is 39.8 Å². The number of tetrazole rings is 1. The molecule has 0 aliphatic carbocycles. The fourth-order valence-corrected chi connectivity index (χ4v) is 2.79. The molecule has 1 unspecified atom stereocenters. The van der Waals surface area contributed by atoms with E-state index >= 15 is 0 Å². The number of benzene rings is 1. The first kappa shape index (κ1) is 16.2. The first-order valence-corrected chi connectivity index (χ1v) is 7.71. The van der Waals surface area contributed by atoms with Crippen LogP contribution in [0.1, 0.15) is 13.3 Å². The van der Waals surface area contributed by atoms with Crippen molar-refractivity contribution in [3.63, 3.8) is 0 Å². The Morgan fingerprint density at radius 3 is 2.83 bits per heavy atom. The van der Waals surface area contributed by atoms with Crippen LogP contribution in [0.15, 0.2) is 29.1 Å². The number of carbonyl (C=O) groups excluding carboxylic acids is 2. The topological polar surface area (TPSA) is 102 Å². The van der Waals surface area contributed by atoms with Crippen molar-refractivity contribution in [2.75, 3.05) is 13.1 Å². The van der Waals surface area contributed by atoms with Crippen molar-refractivity contribution in [1.29, 1.82) is 0 Å². The van der Waals surface area contributed by atoms with Gasteiger partial charge in [0.15, 0.2) is 0 Å². The summed E-state index contributed by atoms with van der Waals surface area (Å²) in [4.78, 5) is 37.4. The molecule has 1 aromatic carbocycles. The van der Waals surface area contributed by atoms with Crippen LogP contribution in [0.4, 0.5) is 4.79 Å². The lowest BCUT2D eigenvalue weighted by atomic mass is 10.3. The van der Waals surface area contributed by atoms with Gasteiger partial charge in [-0.2, -0.15) is 4.68 Å². The molecule has 2 heterocycles. The Morgan fingerprint density at radius 1 is 1.33 bits per heavy atom. The Hall–Kier alpha value is -2.68. The maximum atomic E-state index is 12.4. The molecule has 0 spiro atoms. The number of halogens is 1. The molecule has 1 fully saturated rings. The molecule has 0 bridgehead atoms. The van der Waals surface area contributed by atoms with Gasteiger partial charge in [-0.25, -0.2) is 9.59 Å². The van der Waals surface area contributed by atoms with Gasteiger partial charge in [-0.15, -0.1) is 4.68 Å². The molecule has 2 amide bonds. The lowest BCUT2D eigenvalue weighted by Crippen LogP contribution is -2.42. The van der Waals surface area contributed by atoms with Gasteiger partial charge in [0.25, 0.3) is 0 Å². The van der Waals surface area contributed by atoms with Gasteiger partial charge < -0.3 is 10.2 Å². The monoisotopic (exact) mass is 350 g/mol. The molecule has 0 radical (unpaired) electrons. The maximum absolute atomic E-state index is 12.4. The second kappa shape index (κ2) is 6.44. The van der Waals surface area contributed by atoms with Crippen LogP contribution < -0.4 is 11.0 Å². The highest BCUT2D eigenvalue weighted by Gasteiger charge is 2.29. The number of aromatic nitrogens is 4. The molecular formula is C14H15ClN6O3. The fourth-order valence-electron chi connectivity index (χ4n) is 2.61. The van der Waals surface area contributed by atoms with Gasteiger partial charge in [-0.05, 0) is 35.0 Å². The predicted octanol–water partition coefficient (Wildman–Crippen LogP) is 0.261. The summed E-state index contributed by atoms with van der Waals surface area (Å²) in [5.74, 6) is -0.154. The summed E-state index contributed by atoms with van der Waals surface area (Å²) in [6.07, 6.45) is 0.627. The number of nitrogens with zero attached hydrogens (tertiary/aromatic N) is 5. The van der Waals surface area contributed by atoms with E-state index in [2.05, 4.69) is 15.7 Å². The van der Waals surface area contributed by atoms with Crippen LogP contribution in [0, 0.1) is 0 Å². The minimum atomic E-state index is -0.676. The second-order valence-electron chi connectivity index (χ2n) is 5.48. The molecule has 1 N–H and O–H groups in total. The Labute approximate surface area is 141 Å². The van der Waals surface area contributed by atoms with E-state index in [1.54, 1.807) is 24.3 Å². The molecule has 1 aliphatic rings. The van der Waals surface area contributed by atoms with Crippen molar-refractivity contribution in [2.45, 2.75) is 19.4 Å². The summed E-state index contributed by atoms with van der Waals surface area (Å²) in [6.45, 7) is 2.18. The molecule has 0 saturated carbocycles. The van der Waals surface area contributed by atoms with Gasteiger partial charge in [-0.3, -0.25) is 4.79 Å². The van der Waals surface area contributed by atoms with E-state index in [1.807, 2.05) is 0 Å². The molecule has 1 saturated heterocycles. The van der Waals surface area contributed by atoms with Gasteiger partial charge in [0.1, 0.15) is 0 Å². The third-order valence-corrected chi connectivity index (χ3v) is 3.92. The lowest BCUT2D eigenvalue weighted by Gasteiger charge is -2.15. The summed E-state index contributed by atoms with van der Waals surface area (Å²) >= 11 is 5.90. The van der Waals surface area contributed by atoms with E-state index in [0.717, 1.165) is 4.68 Å². The van der Waals surface area contributed by atoms with Gasteiger partial charge >= 0.3 is 11.7 Å². The maximum Gasteiger partial charge on any atom is 0.377 e. The largest absolute Gasteiger partial charge is 0.377 e. The molecule has 1 aromatic heterocycles. The Bertz CT molecular complexity index is 845. The van der Waals surface area contributed by atoms with Crippen molar-refractivity contribution in [2.24, 2.45) is 0 Å². The van der Waals surface area contributed by atoms with Crippen LogP contribution in [0.3, 0.4) is 0 Å². The molecule has 3 rings (SSSR count). The van der Waals surface area contributed by atoms with Crippen LogP contribution in [-0.4, -0.2) is 55.8 Å². The zero-order valence-corrected chi connectivity index (χ0v) is 13.6. The van der Waals surface area contributed by atoms with E-state index in [-0.39, 0.29) is 11.9 Å². The van der Waals surface area contributed by atoms with E-state index in [9.17, 15) is 14.4 Å². The zero-order chi connectivity index (χ0) is 17.3. The fraction of sp³-hybridized carbons (Fsp3) is 0.357. The van der Waals surface area contributed by atoms with Gasteiger partial charge in [-0.1, -0.05) is 17.7 Å². The van der Waals surface area contributed by atoms with Crippen molar-refractivity contribution < 1.29 is 9.59 Å². The second-order valence-corrected chi connectivity index (χ2v) is 5.92. The van der Waals surface area contributed by atoms with Crippen LogP contribution in [0.2, 0.25) is 5.02 Å². The number of nitrogens with one attached hydrogen (secondary N) is 1. The summed E-state index contributed by atoms with van der Waals surface area (Å²) in [6, 6.07) is 5.84. The molecule has 1 aliphatic heterocycles. The number of likely N-dealkylation sites (tertiary alicyclic amines) is 1. The number of amides is 2. The molecular weight excluding hydrogens is 336 g/mol. The highest BCUT2D eigenvalue weighted by molar-refractivity contribution is 6.30. The molecule has 126 valence electrons. The molecule has 2 aromatic rings. The number of carbonyl (C=O) groups is 2. The van der Waals surface area contributed by atoms with Crippen LogP contribution in [0.5, 0.6) is 0 Å². The normalized spacial score (nSPS) is 17.1. The molecule has 9 nitrogen and oxygen atoms in total. The number of hydrogen-bond acceptors (Lipinski definition) is 5. The summed E-state index contributed by atoms with van der Waals surface area (Å²) in [7, 11) is 0. The average Bonchev–Trinajstić information content (AvgIpc) is 3.13. The van der Waals surface area contributed by atoms with Crippen molar-refractivity contribution in [1.82, 2.24) is 30.0 Å². The number of rotatable bonds is 2. The molecule has 10 heteroatoms. The van der Waals surface area contributed by atoms with Crippen LogP contribution in [-0.2, 0) is 4.79 Å². The van der Waals surface area contributed by atoms with Crippen LogP contribution in [0.25, 0.3) is 5.69 Å². The van der Waals surface area contributed by atoms with E-state index in [4.69, 9.17) is 11.6 Å². The quantitative estimate of drug-likeness (QED) is 0.783. The van der Waals surface area contributed by atoms with Gasteiger partial charge in [0, 0.05) is 31.1 Å². The zero-order valence-electron chi connectivity index (χ0n) is 12.8. The first-order chi connectivity index (χ1) is 11.5. The Morgan fingerprint density at radius 2 is 2.12 bits per heavy atom.